The minimum Gasteiger partial charge on any atom is -0.352 e. The number of amides is 1. The highest BCUT2D eigenvalue weighted by Crippen LogP contribution is 2.13. The standard InChI is InChI=1S/C21H28N2OS/c24-21(11-10-19-12-15-25-17-19)22-20-9-5-14-23(16-20)13-4-8-18-6-2-1-3-7-18/h1-3,6-7,12,15,17,20H,4-5,8-11,13-14,16H2,(H,22,24)/t20-/m0/s1. The molecular formula is C21H28N2OS. The molecule has 3 rings (SSSR count). The molecule has 1 amide bonds. The monoisotopic (exact) mass is 356 g/mol. The van der Waals surface area contributed by atoms with Crippen LogP contribution < -0.4 is 5.32 Å². The number of likely N-dealkylation sites (tertiary alicyclic amines) is 1. The van der Waals surface area contributed by atoms with Gasteiger partial charge in [-0.1, -0.05) is 30.3 Å². The van der Waals surface area contributed by atoms with Crippen molar-refractivity contribution in [2.24, 2.45) is 0 Å². The predicted molar refractivity (Wildman–Crippen MR) is 105 cm³/mol. The minimum atomic E-state index is 0.197. The lowest BCUT2D eigenvalue weighted by molar-refractivity contribution is -0.122. The van der Waals surface area contributed by atoms with Crippen LogP contribution in [0.15, 0.2) is 47.2 Å². The number of benzene rings is 1. The maximum Gasteiger partial charge on any atom is 0.220 e. The second kappa shape index (κ2) is 9.73. The average Bonchev–Trinajstić information content (AvgIpc) is 3.15. The molecule has 1 aromatic carbocycles. The van der Waals surface area contributed by atoms with Gasteiger partial charge < -0.3 is 10.2 Å². The van der Waals surface area contributed by atoms with E-state index in [2.05, 4.69) is 57.4 Å². The molecule has 0 spiro atoms. The number of hydrogen-bond donors (Lipinski definition) is 1. The molecule has 1 saturated heterocycles. The molecule has 0 saturated carbocycles. The summed E-state index contributed by atoms with van der Waals surface area (Å²) in [6, 6.07) is 13.1. The van der Waals surface area contributed by atoms with Crippen molar-refractivity contribution in [2.75, 3.05) is 19.6 Å². The van der Waals surface area contributed by atoms with Crippen LogP contribution in [-0.2, 0) is 17.6 Å². The van der Waals surface area contributed by atoms with Gasteiger partial charge in [-0.15, -0.1) is 0 Å². The highest BCUT2D eigenvalue weighted by Gasteiger charge is 2.20. The number of piperidine rings is 1. The van der Waals surface area contributed by atoms with E-state index in [4.69, 9.17) is 0 Å². The number of hydrogen-bond acceptors (Lipinski definition) is 3. The summed E-state index contributed by atoms with van der Waals surface area (Å²) in [5, 5.41) is 7.44. The van der Waals surface area contributed by atoms with Gasteiger partial charge in [-0.2, -0.15) is 11.3 Å². The lowest BCUT2D eigenvalue weighted by Crippen LogP contribution is -2.48. The molecule has 2 heterocycles. The Labute approximate surface area is 155 Å². The molecule has 2 aromatic rings. The third-order valence-electron chi connectivity index (χ3n) is 4.87. The molecule has 0 bridgehead atoms. The van der Waals surface area contributed by atoms with Crippen LogP contribution in [0.5, 0.6) is 0 Å². The van der Waals surface area contributed by atoms with Crippen LogP contribution in [0.4, 0.5) is 0 Å². The first-order valence-corrected chi connectivity index (χ1v) is 10.3. The molecular weight excluding hydrogens is 328 g/mol. The number of rotatable bonds is 8. The van der Waals surface area contributed by atoms with E-state index in [1.807, 2.05) is 0 Å². The van der Waals surface area contributed by atoms with Gasteiger partial charge in [-0.3, -0.25) is 4.79 Å². The van der Waals surface area contributed by atoms with Gasteiger partial charge in [0.25, 0.3) is 0 Å². The molecule has 25 heavy (non-hydrogen) atoms. The average molecular weight is 357 g/mol. The van der Waals surface area contributed by atoms with Crippen LogP contribution in [0.2, 0.25) is 0 Å². The predicted octanol–water partition coefficient (Wildman–Crippen LogP) is 3.89. The van der Waals surface area contributed by atoms with E-state index in [-0.39, 0.29) is 5.91 Å². The zero-order valence-electron chi connectivity index (χ0n) is 14.8. The second-order valence-corrected chi connectivity index (χ2v) is 7.71. The van der Waals surface area contributed by atoms with Crippen LogP contribution in [-0.4, -0.2) is 36.5 Å². The van der Waals surface area contributed by atoms with Crippen LogP contribution in [0, 0.1) is 0 Å². The molecule has 3 nitrogen and oxygen atoms in total. The Balaban J connectivity index is 1.35. The summed E-state index contributed by atoms with van der Waals surface area (Å²) in [6.45, 7) is 3.28. The summed E-state index contributed by atoms with van der Waals surface area (Å²) in [7, 11) is 0. The number of nitrogens with one attached hydrogen (secondary N) is 1. The van der Waals surface area contributed by atoms with Gasteiger partial charge >= 0.3 is 0 Å². The molecule has 134 valence electrons. The topological polar surface area (TPSA) is 32.3 Å². The van der Waals surface area contributed by atoms with E-state index in [9.17, 15) is 4.79 Å². The van der Waals surface area contributed by atoms with Gasteiger partial charge in [0.15, 0.2) is 0 Å². The smallest absolute Gasteiger partial charge is 0.220 e. The summed E-state index contributed by atoms with van der Waals surface area (Å²) in [6.07, 6.45) is 6.06. The number of carbonyl (C=O) groups is 1. The van der Waals surface area contributed by atoms with Crippen molar-refractivity contribution in [3.8, 4) is 0 Å². The fourth-order valence-corrected chi connectivity index (χ4v) is 4.22. The summed E-state index contributed by atoms with van der Waals surface area (Å²) in [5.74, 6) is 0.197. The number of thiophene rings is 1. The van der Waals surface area contributed by atoms with Crippen LogP contribution in [0.1, 0.15) is 36.8 Å². The van der Waals surface area contributed by atoms with Crippen molar-refractivity contribution in [1.29, 1.82) is 0 Å². The largest absolute Gasteiger partial charge is 0.352 e. The fourth-order valence-electron chi connectivity index (χ4n) is 3.52. The molecule has 1 N–H and O–H groups in total. The van der Waals surface area contributed by atoms with Gasteiger partial charge in [0.1, 0.15) is 0 Å². The maximum absolute atomic E-state index is 12.2. The first kappa shape index (κ1) is 18.2. The summed E-state index contributed by atoms with van der Waals surface area (Å²) >= 11 is 1.69. The van der Waals surface area contributed by atoms with Crippen molar-refractivity contribution in [2.45, 2.75) is 44.6 Å². The quantitative estimate of drug-likeness (QED) is 0.778. The number of carbonyl (C=O) groups excluding carboxylic acids is 1. The molecule has 1 aliphatic rings. The maximum atomic E-state index is 12.2. The highest BCUT2D eigenvalue weighted by atomic mass is 32.1. The summed E-state index contributed by atoms with van der Waals surface area (Å²) in [5.41, 5.74) is 2.68. The van der Waals surface area contributed by atoms with E-state index in [0.717, 1.165) is 38.9 Å². The van der Waals surface area contributed by atoms with Crippen LogP contribution in [0.25, 0.3) is 0 Å². The van der Waals surface area contributed by atoms with Gasteiger partial charge in [0.2, 0.25) is 5.91 Å². The zero-order valence-corrected chi connectivity index (χ0v) is 15.6. The molecule has 0 radical (unpaired) electrons. The Hall–Kier alpha value is -1.65. The molecule has 1 fully saturated rings. The zero-order chi connectivity index (χ0) is 17.3. The second-order valence-electron chi connectivity index (χ2n) is 6.93. The Morgan fingerprint density at radius 3 is 2.84 bits per heavy atom. The third-order valence-corrected chi connectivity index (χ3v) is 5.61. The van der Waals surface area contributed by atoms with Crippen molar-refractivity contribution < 1.29 is 4.79 Å². The van der Waals surface area contributed by atoms with Crippen LogP contribution in [0.3, 0.4) is 0 Å². The van der Waals surface area contributed by atoms with Crippen molar-refractivity contribution in [3.63, 3.8) is 0 Å². The van der Waals surface area contributed by atoms with E-state index in [1.165, 1.54) is 24.0 Å². The fraction of sp³-hybridized carbons (Fsp3) is 0.476. The Kier molecular flexibility index (Phi) is 7.07. The number of aryl methyl sites for hydroxylation is 2. The molecule has 0 aliphatic carbocycles. The molecule has 1 aliphatic heterocycles. The first-order valence-electron chi connectivity index (χ1n) is 9.36. The Bertz CT molecular complexity index is 627. The van der Waals surface area contributed by atoms with E-state index in [0.29, 0.717) is 12.5 Å². The van der Waals surface area contributed by atoms with Crippen molar-refractivity contribution in [3.05, 3.63) is 58.3 Å². The van der Waals surface area contributed by atoms with Gasteiger partial charge in [-0.25, -0.2) is 0 Å². The summed E-state index contributed by atoms with van der Waals surface area (Å²) < 4.78 is 0. The Morgan fingerprint density at radius 2 is 2.04 bits per heavy atom. The summed E-state index contributed by atoms with van der Waals surface area (Å²) in [4.78, 5) is 14.7. The lowest BCUT2D eigenvalue weighted by Gasteiger charge is -2.33. The lowest BCUT2D eigenvalue weighted by atomic mass is 10.0. The molecule has 1 aromatic heterocycles. The molecule has 4 heteroatoms. The SMILES string of the molecule is O=C(CCc1ccsc1)N[C@H]1CCCN(CCCc2ccccc2)C1. The van der Waals surface area contributed by atoms with Gasteiger partial charge in [0, 0.05) is 19.0 Å². The van der Waals surface area contributed by atoms with Crippen LogP contribution >= 0.6 is 11.3 Å². The van der Waals surface area contributed by atoms with E-state index < -0.39 is 0 Å². The van der Waals surface area contributed by atoms with Gasteiger partial charge in [0.05, 0.1) is 0 Å². The highest BCUT2D eigenvalue weighted by molar-refractivity contribution is 7.07. The number of nitrogens with zero attached hydrogens (tertiary/aromatic N) is 1. The van der Waals surface area contributed by atoms with E-state index >= 15 is 0 Å². The van der Waals surface area contributed by atoms with Gasteiger partial charge in [-0.05, 0) is 73.1 Å². The molecule has 1 atom stereocenters. The normalized spacial score (nSPS) is 18.2. The van der Waals surface area contributed by atoms with E-state index in [1.54, 1.807) is 11.3 Å². The van der Waals surface area contributed by atoms with Crippen molar-refractivity contribution >= 4 is 17.2 Å². The first-order chi connectivity index (χ1) is 12.3. The van der Waals surface area contributed by atoms with Crippen molar-refractivity contribution in [1.82, 2.24) is 10.2 Å². The third kappa shape index (κ3) is 6.29. The Morgan fingerprint density at radius 1 is 1.16 bits per heavy atom. The minimum absolute atomic E-state index is 0.197. The molecule has 0 unspecified atom stereocenters.